The molecule has 1 amide bonds. The van der Waals surface area contributed by atoms with Gasteiger partial charge in [-0.15, -0.1) is 11.3 Å². The molecule has 10 heteroatoms. The zero-order valence-corrected chi connectivity index (χ0v) is 21.1. The van der Waals surface area contributed by atoms with Gasteiger partial charge >= 0.3 is 6.18 Å². The van der Waals surface area contributed by atoms with Gasteiger partial charge in [-0.25, -0.2) is 0 Å². The molecule has 0 spiro atoms. The Balaban J connectivity index is 1.69. The van der Waals surface area contributed by atoms with Crippen molar-refractivity contribution in [3.05, 3.63) is 45.2 Å². The van der Waals surface area contributed by atoms with Crippen LogP contribution in [0, 0.1) is 5.92 Å². The number of benzene rings is 1. The number of carbonyl (C=O) groups excluding carboxylic acids is 1. The summed E-state index contributed by atoms with van der Waals surface area (Å²) < 4.78 is 53.8. The summed E-state index contributed by atoms with van der Waals surface area (Å²) in [7, 11) is 0. The van der Waals surface area contributed by atoms with E-state index in [4.69, 9.17) is 9.47 Å². The Morgan fingerprint density at radius 3 is 2.71 bits per heavy atom. The third-order valence-electron chi connectivity index (χ3n) is 6.25. The molecule has 0 saturated carbocycles. The minimum atomic E-state index is -4.58. The SMILES string of the molecule is CC(C)(C)c1cn(C[C@H]2CCCO2)/c(=N/C(=O)c2cc(C(F)(F)F)ccc2OC[C@@H]2CCNC2)s1. The molecule has 35 heavy (non-hydrogen) atoms. The molecule has 2 fully saturated rings. The van der Waals surface area contributed by atoms with Crippen LogP contribution in [0.25, 0.3) is 0 Å². The molecule has 1 aromatic heterocycles. The Bertz CT molecular complexity index is 1110. The van der Waals surface area contributed by atoms with Crippen LogP contribution in [0.4, 0.5) is 13.2 Å². The molecule has 6 nitrogen and oxygen atoms in total. The topological polar surface area (TPSA) is 64.9 Å². The summed E-state index contributed by atoms with van der Waals surface area (Å²) in [5, 5.41) is 3.23. The summed E-state index contributed by atoms with van der Waals surface area (Å²) in [6.45, 7) is 9.43. The van der Waals surface area contributed by atoms with E-state index in [1.54, 1.807) is 0 Å². The monoisotopic (exact) mass is 511 g/mol. The number of aromatic nitrogens is 1. The van der Waals surface area contributed by atoms with Crippen molar-refractivity contribution in [2.75, 3.05) is 26.3 Å². The number of thiazole rings is 1. The van der Waals surface area contributed by atoms with E-state index in [-0.39, 0.29) is 28.7 Å². The van der Waals surface area contributed by atoms with Gasteiger partial charge in [0.2, 0.25) is 0 Å². The first-order chi connectivity index (χ1) is 16.5. The van der Waals surface area contributed by atoms with Gasteiger partial charge in [-0.3, -0.25) is 4.79 Å². The standard InChI is InChI=1S/C25H32F3N3O3S/c1-24(2,3)21-14-31(13-18-5-4-10-33-18)23(35-21)30-22(32)19-11-17(25(26,27)28)6-7-20(19)34-15-16-8-9-29-12-16/h6-7,11,14,16,18,29H,4-5,8-10,12-13,15H2,1-3H3/b30-23-/t16-,18-/m1/s1. The lowest BCUT2D eigenvalue weighted by atomic mass is 9.95. The third kappa shape index (κ3) is 6.54. The van der Waals surface area contributed by atoms with Crippen LogP contribution in [0.1, 0.15) is 60.8 Å². The third-order valence-corrected chi connectivity index (χ3v) is 7.70. The number of alkyl halides is 3. The molecule has 1 aromatic carbocycles. The van der Waals surface area contributed by atoms with E-state index in [1.165, 1.54) is 17.4 Å². The van der Waals surface area contributed by atoms with Gasteiger partial charge in [0.05, 0.1) is 30.4 Å². The molecule has 0 radical (unpaired) electrons. The number of rotatable bonds is 6. The highest BCUT2D eigenvalue weighted by Crippen LogP contribution is 2.33. The number of amides is 1. The van der Waals surface area contributed by atoms with Gasteiger partial charge in [-0.1, -0.05) is 20.8 Å². The second-order valence-corrected chi connectivity index (χ2v) is 11.2. The minimum Gasteiger partial charge on any atom is -0.492 e. The smallest absolute Gasteiger partial charge is 0.416 e. The molecule has 0 aliphatic carbocycles. The Labute approximate surface area is 207 Å². The fourth-order valence-corrected chi connectivity index (χ4v) is 5.22. The first-order valence-electron chi connectivity index (χ1n) is 12.0. The van der Waals surface area contributed by atoms with Gasteiger partial charge in [-0.05, 0) is 49.4 Å². The number of nitrogens with one attached hydrogen (secondary N) is 1. The van der Waals surface area contributed by atoms with Crippen LogP contribution in [0.2, 0.25) is 0 Å². The number of nitrogens with zero attached hydrogens (tertiary/aromatic N) is 2. The van der Waals surface area contributed by atoms with Crippen molar-refractivity contribution >= 4 is 17.2 Å². The van der Waals surface area contributed by atoms with E-state index in [0.29, 0.717) is 24.6 Å². The first-order valence-corrected chi connectivity index (χ1v) is 12.8. The average Bonchev–Trinajstić information content (AvgIpc) is 3.54. The number of hydrogen-bond donors (Lipinski definition) is 1. The van der Waals surface area contributed by atoms with Crippen LogP contribution in [0.3, 0.4) is 0 Å². The molecule has 3 heterocycles. The highest BCUT2D eigenvalue weighted by atomic mass is 32.1. The zero-order valence-electron chi connectivity index (χ0n) is 20.3. The highest BCUT2D eigenvalue weighted by Gasteiger charge is 2.32. The van der Waals surface area contributed by atoms with Crippen molar-refractivity contribution in [3.8, 4) is 5.75 Å². The van der Waals surface area contributed by atoms with Crippen molar-refractivity contribution in [2.45, 2.75) is 64.3 Å². The van der Waals surface area contributed by atoms with E-state index in [2.05, 4.69) is 31.1 Å². The predicted molar refractivity (Wildman–Crippen MR) is 128 cm³/mol. The fraction of sp³-hybridized carbons (Fsp3) is 0.600. The van der Waals surface area contributed by atoms with Crippen LogP contribution in [0.5, 0.6) is 5.75 Å². The van der Waals surface area contributed by atoms with Crippen molar-refractivity contribution in [3.63, 3.8) is 0 Å². The number of halogens is 3. The van der Waals surface area contributed by atoms with Crippen LogP contribution in [-0.4, -0.2) is 42.9 Å². The first kappa shape index (κ1) is 25.9. The van der Waals surface area contributed by atoms with E-state index >= 15 is 0 Å². The second-order valence-electron chi connectivity index (χ2n) is 10.2. The molecular weight excluding hydrogens is 479 g/mol. The van der Waals surface area contributed by atoms with Gasteiger partial charge in [0, 0.05) is 30.1 Å². The van der Waals surface area contributed by atoms with Crippen LogP contribution in [-0.2, 0) is 22.9 Å². The van der Waals surface area contributed by atoms with Crippen LogP contribution >= 0.6 is 11.3 Å². The number of carbonyl (C=O) groups is 1. The summed E-state index contributed by atoms with van der Waals surface area (Å²) >= 11 is 1.37. The number of hydrogen-bond acceptors (Lipinski definition) is 5. The second kappa shape index (κ2) is 10.4. The van der Waals surface area contributed by atoms with E-state index < -0.39 is 17.6 Å². The fourth-order valence-electron chi connectivity index (χ4n) is 4.16. The van der Waals surface area contributed by atoms with Gasteiger partial charge in [-0.2, -0.15) is 18.2 Å². The summed E-state index contributed by atoms with van der Waals surface area (Å²) in [5.41, 5.74) is -1.25. The maximum atomic E-state index is 13.4. The predicted octanol–water partition coefficient (Wildman–Crippen LogP) is 4.77. The van der Waals surface area contributed by atoms with E-state index in [0.717, 1.165) is 49.4 Å². The number of ether oxygens (including phenoxy) is 2. The molecule has 1 N–H and O–H groups in total. The van der Waals surface area contributed by atoms with Crippen LogP contribution in [0.15, 0.2) is 29.4 Å². The van der Waals surface area contributed by atoms with E-state index in [1.807, 2.05) is 10.8 Å². The largest absolute Gasteiger partial charge is 0.492 e. The van der Waals surface area contributed by atoms with Gasteiger partial charge in [0.1, 0.15) is 5.75 Å². The summed E-state index contributed by atoms with van der Waals surface area (Å²) in [6, 6.07) is 3.01. The molecule has 2 aromatic rings. The molecule has 192 valence electrons. The molecule has 0 bridgehead atoms. The Morgan fingerprint density at radius 2 is 2.09 bits per heavy atom. The van der Waals surface area contributed by atoms with Crippen LogP contribution < -0.4 is 14.9 Å². The quantitative estimate of drug-likeness (QED) is 0.607. The summed E-state index contributed by atoms with van der Waals surface area (Å²) in [4.78, 5) is 19.1. The molecule has 2 saturated heterocycles. The van der Waals surface area contributed by atoms with Crippen molar-refractivity contribution in [1.82, 2.24) is 9.88 Å². The molecule has 2 aliphatic heterocycles. The minimum absolute atomic E-state index is 0.0268. The maximum absolute atomic E-state index is 13.4. The average molecular weight is 512 g/mol. The maximum Gasteiger partial charge on any atom is 0.416 e. The molecule has 4 rings (SSSR count). The van der Waals surface area contributed by atoms with Gasteiger partial charge in [0.15, 0.2) is 4.80 Å². The lowest BCUT2D eigenvalue weighted by Gasteiger charge is -2.15. The molecule has 2 aliphatic rings. The highest BCUT2D eigenvalue weighted by molar-refractivity contribution is 7.09. The Morgan fingerprint density at radius 1 is 1.29 bits per heavy atom. The summed E-state index contributed by atoms with van der Waals surface area (Å²) in [6.07, 6.45) is 0.235. The molecular formula is C25H32F3N3O3S. The van der Waals surface area contributed by atoms with E-state index in [9.17, 15) is 18.0 Å². The Hall–Kier alpha value is -2.17. The van der Waals surface area contributed by atoms with Crippen molar-refractivity contribution < 1.29 is 27.4 Å². The lowest BCUT2D eigenvalue weighted by molar-refractivity contribution is -0.137. The normalized spacial score (nSPS) is 21.6. The lowest BCUT2D eigenvalue weighted by Crippen LogP contribution is -2.24. The van der Waals surface area contributed by atoms with Gasteiger partial charge < -0.3 is 19.4 Å². The zero-order chi connectivity index (χ0) is 25.2. The van der Waals surface area contributed by atoms with Gasteiger partial charge in [0.25, 0.3) is 5.91 Å². The molecule has 2 atom stereocenters. The summed E-state index contributed by atoms with van der Waals surface area (Å²) in [5.74, 6) is -0.381. The molecule has 0 unspecified atom stereocenters. The van der Waals surface area contributed by atoms with Crippen molar-refractivity contribution in [2.24, 2.45) is 10.9 Å². The Kier molecular flexibility index (Phi) is 7.73. The van der Waals surface area contributed by atoms with Crippen molar-refractivity contribution in [1.29, 1.82) is 0 Å².